The van der Waals surface area contributed by atoms with Gasteiger partial charge in [-0.25, -0.2) is 4.98 Å². The van der Waals surface area contributed by atoms with E-state index >= 15 is 0 Å². The van der Waals surface area contributed by atoms with Crippen LogP contribution in [0.3, 0.4) is 0 Å². The molecule has 1 aliphatic heterocycles. The Kier molecular flexibility index (Phi) is 5.20. The Hall–Kier alpha value is -1.09. The molecular weight excluding hydrogens is 234 g/mol. The van der Waals surface area contributed by atoms with Crippen LogP contribution in [-0.4, -0.2) is 24.6 Å². The van der Waals surface area contributed by atoms with Crippen LogP contribution in [0.1, 0.15) is 39.2 Å². The molecule has 0 aromatic carbocycles. The average molecular weight is 261 g/mol. The zero-order valence-electron chi connectivity index (χ0n) is 12.5. The van der Waals surface area contributed by atoms with E-state index in [-0.39, 0.29) is 0 Å². The summed E-state index contributed by atoms with van der Waals surface area (Å²) in [5, 5.41) is 3.49. The molecule has 1 aliphatic rings. The number of piperidine rings is 1. The summed E-state index contributed by atoms with van der Waals surface area (Å²) in [5.41, 5.74) is 1.34. The Morgan fingerprint density at radius 1 is 1.47 bits per heavy atom. The number of pyridine rings is 1. The van der Waals surface area contributed by atoms with Crippen LogP contribution in [0.25, 0.3) is 0 Å². The van der Waals surface area contributed by atoms with E-state index in [1.165, 1.54) is 18.4 Å². The smallest absolute Gasteiger partial charge is 0.128 e. The van der Waals surface area contributed by atoms with Gasteiger partial charge in [-0.05, 0) is 48.9 Å². The van der Waals surface area contributed by atoms with Crippen LogP contribution in [0.5, 0.6) is 0 Å². The fourth-order valence-corrected chi connectivity index (χ4v) is 2.65. The summed E-state index contributed by atoms with van der Waals surface area (Å²) in [4.78, 5) is 6.97. The normalized spacial score (nSPS) is 20.0. The summed E-state index contributed by atoms with van der Waals surface area (Å²) in [6.07, 6.45) is 4.59. The van der Waals surface area contributed by atoms with Crippen molar-refractivity contribution in [3.05, 3.63) is 23.9 Å². The molecule has 0 bridgehead atoms. The summed E-state index contributed by atoms with van der Waals surface area (Å²) in [7, 11) is 0. The number of rotatable bonds is 5. The lowest BCUT2D eigenvalue weighted by molar-refractivity contribution is 0.444. The van der Waals surface area contributed by atoms with E-state index in [1.807, 2.05) is 6.20 Å². The number of aromatic nitrogens is 1. The number of anilines is 1. The van der Waals surface area contributed by atoms with Crippen molar-refractivity contribution in [3.8, 4) is 0 Å². The lowest BCUT2D eigenvalue weighted by Gasteiger charge is -2.32. The molecular formula is C16H27N3. The van der Waals surface area contributed by atoms with Crippen LogP contribution in [0.4, 0.5) is 5.82 Å². The Morgan fingerprint density at radius 3 is 3.05 bits per heavy atom. The second-order valence-corrected chi connectivity index (χ2v) is 6.24. The summed E-state index contributed by atoms with van der Waals surface area (Å²) in [6, 6.07) is 4.36. The fraction of sp³-hybridized carbons (Fsp3) is 0.688. The van der Waals surface area contributed by atoms with Crippen molar-refractivity contribution in [1.29, 1.82) is 0 Å². The molecule has 0 aliphatic carbocycles. The summed E-state index contributed by atoms with van der Waals surface area (Å²) in [6.45, 7) is 11.1. The van der Waals surface area contributed by atoms with Crippen LogP contribution >= 0.6 is 0 Å². The van der Waals surface area contributed by atoms with Gasteiger partial charge < -0.3 is 10.2 Å². The molecule has 1 atom stereocenters. The first-order valence-electron chi connectivity index (χ1n) is 7.55. The van der Waals surface area contributed by atoms with Crippen LogP contribution in [0, 0.1) is 11.8 Å². The van der Waals surface area contributed by atoms with Crippen LogP contribution in [0.15, 0.2) is 18.3 Å². The number of hydrogen-bond acceptors (Lipinski definition) is 3. The minimum Gasteiger partial charge on any atom is -0.356 e. The highest BCUT2D eigenvalue weighted by molar-refractivity contribution is 5.41. The molecule has 1 N–H and O–H groups in total. The molecule has 0 spiro atoms. The zero-order chi connectivity index (χ0) is 13.7. The maximum absolute atomic E-state index is 4.54. The Labute approximate surface area is 117 Å². The highest BCUT2D eigenvalue weighted by atomic mass is 15.2. The van der Waals surface area contributed by atoms with Crippen molar-refractivity contribution in [2.24, 2.45) is 11.8 Å². The fourth-order valence-electron chi connectivity index (χ4n) is 2.65. The summed E-state index contributed by atoms with van der Waals surface area (Å²) >= 11 is 0. The molecule has 3 nitrogen and oxygen atoms in total. The lowest BCUT2D eigenvalue weighted by atomic mass is 10.0. The molecule has 1 fully saturated rings. The minimum absolute atomic E-state index is 0.698. The van der Waals surface area contributed by atoms with E-state index in [0.717, 1.165) is 37.9 Å². The Morgan fingerprint density at radius 2 is 2.32 bits per heavy atom. The lowest BCUT2D eigenvalue weighted by Crippen LogP contribution is -2.34. The molecule has 1 unspecified atom stereocenters. The Bertz CT molecular complexity index is 389. The topological polar surface area (TPSA) is 28.2 Å². The third-order valence-electron chi connectivity index (χ3n) is 3.67. The summed E-state index contributed by atoms with van der Waals surface area (Å²) in [5.74, 6) is 2.64. The molecule has 1 aromatic heterocycles. The summed E-state index contributed by atoms with van der Waals surface area (Å²) < 4.78 is 0. The van der Waals surface area contributed by atoms with E-state index in [9.17, 15) is 0 Å². The first-order valence-corrected chi connectivity index (χ1v) is 7.55. The van der Waals surface area contributed by atoms with Crippen molar-refractivity contribution in [2.75, 3.05) is 24.5 Å². The van der Waals surface area contributed by atoms with Gasteiger partial charge in [0.15, 0.2) is 0 Å². The zero-order valence-corrected chi connectivity index (χ0v) is 12.5. The van der Waals surface area contributed by atoms with E-state index in [2.05, 4.69) is 48.1 Å². The predicted molar refractivity (Wildman–Crippen MR) is 81.4 cm³/mol. The van der Waals surface area contributed by atoms with Gasteiger partial charge in [-0.3, -0.25) is 0 Å². The SMILES string of the molecule is CC(C)CNCc1ccnc(N2CCCC(C)C2)c1. The van der Waals surface area contributed by atoms with Gasteiger partial charge in [0.2, 0.25) is 0 Å². The molecule has 2 rings (SSSR count). The van der Waals surface area contributed by atoms with Crippen molar-refractivity contribution in [1.82, 2.24) is 10.3 Å². The van der Waals surface area contributed by atoms with Crippen LogP contribution in [-0.2, 0) is 6.54 Å². The molecule has 106 valence electrons. The minimum atomic E-state index is 0.698. The Balaban J connectivity index is 1.94. The van der Waals surface area contributed by atoms with Gasteiger partial charge in [-0.15, -0.1) is 0 Å². The maximum Gasteiger partial charge on any atom is 0.128 e. The quantitative estimate of drug-likeness (QED) is 0.883. The molecule has 19 heavy (non-hydrogen) atoms. The van der Waals surface area contributed by atoms with E-state index in [4.69, 9.17) is 0 Å². The standard InChI is InChI=1S/C16H27N3/c1-13(2)10-17-11-15-6-7-18-16(9-15)19-8-4-5-14(3)12-19/h6-7,9,13-14,17H,4-5,8,10-12H2,1-3H3. The van der Waals surface area contributed by atoms with Crippen molar-refractivity contribution in [2.45, 2.75) is 40.2 Å². The highest BCUT2D eigenvalue weighted by Crippen LogP contribution is 2.21. The van der Waals surface area contributed by atoms with Crippen LogP contribution < -0.4 is 10.2 Å². The number of nitrogens with one attached hydrogen (secondary N) is 1. The largest absolute Gasteiger partial charge is 0.356 e. The number of hydrogen-bond donors (Lipinski definition) is 1. The van der Waals surface area contributed by atoms with Crippen molar-refractivity contribution in [3.63, 3.8) is 0 Å². The van der Waals surface area contributed by atoms with Gasteiger partial charge in [-0.1, -0.05) is 20.8 Å². The second-order valence-electron chi connectivity index (χ2n) is 6.24. The highest BCUT2D eigenvalue weighted by Gasteiger charge is 2.17. The first kappa shape index (κ1) is 14.3. The van der Waals surface area contributed by atoms with E-state index in [0.29, 0.717) is 5.92 Å². The van der Waals surface area contributed by atoms with Gasteiger partial charge in [0.1, 0.15) is 5.82 Å². The third kappa shape index (κ3) is 4.50. The first-order chi connectivity index (χ1) is 9.15. The monoisotopic (exact) mass is 261 g/mol. The van der Waals surface area contributed by atoms with Gasteiger partial charge in [0, 0.05) is 25.8 Å². The number of nitrogens with zero attached hydrogens (tertiary/aromatic N) is 2. The van der Waals surface area contributed by atoms with E-state index < -0.39 is 0 Å². The van der Waals surface area contributed by atoms with Gasteiger partial charge in [-0.2, -0.15) is 0 Å². The van der Waals surface area contributed by atoms with Gasteiger partial charge in [0.05, 0.1) is 0 Å². The second kappa shape index (κ2) is 6.90. The molecule has 1 saturated heterocycles. The molecule has 0 saturated carbocycles. The van der Waals surface area contributed by atoms with Gasteiger partial charge in [0.25, 0.3) is 0 Å². The van der Waals surface area contributed by atoms with Crippen molar-refractivity contribution >= 4 is 5.82 Å². The maximum atomic E-state index is 4.54. The average Bonchev–Trinajstić information content (AvgIpc) is 2.39. The predicted octanol–water partition coefficient (Wildman–Crippen LogP) is 3.06. The molecule has 0 amide bonds. The van der Waals surface area contributed by atoms with Crippen molar-refractivity contribution < 1.29 is 0 Å². The molecule has 3 heteroatoms. The van der Waals surface area contributed by atoms with Gasteiger partial charge >= 0.3 is 0 Å². The molecule has 1 aromatic rings. The molecule has 0 radical (unpaired) electrons. The third-order valence-corrected chi connectivity index (χ3v) is 3.67. The molecule has 2 heterocycles. The van der Waals surface area contributed by atoms with E-state index in [1.54, 1.807) is 0 Å². The van der Waals surface area contributed by atoms with Crippen LogP contribution in [0.2, 0.25) is 0 Å².